The molecule has 21 heavy (non-hydrogen) atoms. The van der Waals surface area contributed by atoms with Gasteiger partial charge in [-0.05, 0) is 25.0 Å². The number of carboxylic acid groups (broad SMARTS) is 2. The summed E-state index contributed by atoms with van der Waals surface area (Å²) < 4.78 is 5.18. The maximum absolute atomic E-state index is 12.2. The lowest BCUT2D eigenvalue weighted by atomic mass is 10.2. The van der Waals surface area contributed by atoms with E-state index >= 15 is 0 Å². The molecule has 0 bridgehead atoms. The van der Waals surface area contributed by atoms with Crippen molar-refractivity contribution in [3.05, 3.63) is 24.2 Å². The Morgan fingerprint density at radius 3 is 2.57 bits per heavy atom. The molecule has 0 radical (unpaired) electrons. The van der Waals surface area contributed by atoms with Crippen molar-refractivity contribution in [1.82, 2.24) is 10.2 Å². The number of aliphatic carboxylic acids is 2. The number of rotatable bonds is 7. The molecule has 1 saturated carbocycles. The van der Waals surface area contributed by atoms with Crippen LogP contribution in [0, 0.1) is 0 Å². The number of hydrogen-bond acceptors (Lipinski definition) is 4. The third-order valence-corrected chi connectivity index (χ3v) is 3.13. The Hall–Kier alpha value is -2.51. The highest BCUT2D eigenvalue weighted by Crippen LogP contribution is 2.28. The van der Waals surface area contributed by atoms with Crippen LogP contribution in [-0.4, -0.2) is 45.2 Å². The molecule has 1 aliphatic carbocycles. The van der Waals surface area contributed by atoms with Crippen LogP contribution in [0.15, 0.2) is 22.8 Å². The molecular weight excluding hydrogens is 280 g/mol. The standard InChI is InChI=1S/C13H16N2O6/c16-11(17)6-10(12(18)19)14-13(20)15(8-3-4-8)7-9-2-1-5-21-9/h1-2,5,8,10H,3-4,6-7H2,(H,14,20)(H,16,17)(H,18,19). The smallest absolute Gasteiger partial charge is 0.326 e. The van der Waals surface area contributed by atoms with Gasteiger partial charge in [-0.2, -0.15) is 0 Å². The molecule has 2 amide bonds. The summed E-state index contributed by atoms with van der Waals surface area (Å²) in [6.07, 6.45) is 2.50. The summed E-state index contributed by atoms with van der Waals surface area (Å²) in [4.78, 5) is 35.2. The molecule has 2 rings (SSSR count). The fraction of sp³-hybridized carbons (Fsp3) is 0.462. The summed E-state index contributed by atoms with van der Waals surface area (Å²) in [5, 5.41) is 19.9. The van der Waals surface area contributed by atoms with E-state index < -0.39 is 30.4 Å². The van der Waals surface area contributed by atoms with E-state index in [9.17, 15) is 14.4 Å². The second kappa shape index (κ2) is 6.29. The molecule has 1 aromatic rings. The molecule has 3 N–H and O–H groups in total. The first-order chi connectivity index (χ1) is 9.97. The fourth-order valence-electron chi connectivity index (χ4n) is 1.93. The van der Waals surface area contributed by atoms with E-state index in [4.69, 9.17) is 14.6 Å². The van der Waals surface area contributed by atoms with E-state index in [1.807, 2.05) is 0 Å². The lowest BCUT2D eigenvalue weighted by Gasteiger charge is -2.23. The Morgan fingerprint density at radius 2 is 2.10 bits per heavy atom. The van der Waals surface area contributed by atoms with Gasteiger partial charge in [0.2, 0.25) is 0 Å². The molecule has 1 heterocycles. The molecule has 114 valence electrons. The molecule has 8 heteroatoms. The van der Waals surface area contributed by atoms with Gasteiger partial charge in [0.15, 0.2) is 0 Å². The summed E-state index contributed by atoms with van der Waals surface area (Å²) in [6.45, 7) is 0.225. The minimum atomic E-state index is -1.45. The van der Waals surface area contributed by atoms with Gasteiger partial charge in [0.1, 0.15) is 11.8 Å². The molecule has 1 aliphatic rings. The minimum Gasteiger partial charge on any atom is -0.481 e. The molecule has 0 aromatic carbocycles. The second-order valence-corrected chi connectivity index (χ2v) is 4.88. The van der Waals surface area contributed by atoms with Crippen LogP contribution in [0.3, 0.4) is 0 Å². The Labute approximate surface area is 120 Å². The third-order valence-electron chi connectivity index (χ3n) is 3.13. The van der Waals surface area contributed by atoms with Crippen molar-refractivity contribution >= 4 is 18.0 Å². The summed E-state index contributed by atoms with van der Waals surface area (Å²) in [5.41, 5.74) is 0. The van der Waals surface area contributed by atoms with Crippen LogP contribution in [0.25, 0.3) is 0 Å². The highest BCUT2D eigenvalue weighted by atomic mass is 16.4. The van der Waals surface area contributed by atoms with Gasteiger partial charge >= 0.3 is 18.0 Å². The van der Waals surface area contributed by atoms with Gasteiger partial charge in [0, 0.05) is 6.04 Å². The van der Waals surface area contributed by atoms with Gasteiger partial charge in [0.05, 0.1) is 19.2 Å². The van der Waals surface area contributed by atoms with Crippen LogP contribution in [0.2, 0.25) is 0 Å². The number of carbonyl (C=O) groups is 3. The maximum atomic E-state index is 12.2. The minimum absolute atomic E-state index is 0.0365. The summed E-state index contributed by atoms with van der Waals surface area (Å²) in [7, 11) is 0. The number of furan rings is 1. The molecule has 1 fully saturated rings. The largest absolute Gasteiger partial charge is 0.481 e. The van der Waals surface area contributed by atoms with Gasteiger partial charge in [-0.15, -0.1) is 0 Å². The van der Waals surface area contributed by atoms with Crippen molar-refractivity contribution in [2.45, 2.75) is 37.9 Å². The van der Waals surface area contributed by atoms with E-state index in [1.54, 1.807) is 12.1 Å². The topological polar surface area (TPSA) is 120 Å². The Balaban J connectivity index is 2.00. The van der Waals surface area contributed by atoms with Crippen LogP contribution >= 0.6 is 0 Å². The lowest BCUT2D eigenvalue weighted by molar-refractivity contribution is -0.145. The predicted octanol–water partition coefficient (Wildman–Crippen LogP) is 0.881. The number of amides is 2. The molecule has 1 unspecified atom stereocenters. The Morgan fingerprint density at radius 1 is 1.38 bits per heavy atom. The van der Waals surface area contributed by atoms with Crippen molar-refractivity contribution < 1.29 is 29.0 Å². The SMILES string of the molecule is O=C(O)CC(NC(=O)N(Cc1ccco1)C1CC1)C(=O)O. The quantitative estimate of drug-likeness (QED) is 0.687. The molecule has 1 atom stereocenters. The van der Waals surface area contributed by atoms with E-state index in [-0.39, 0.29) is 12.6 Å². The highest BCUT2D eigenvalue weighted by Gasteiger charge is 2.35. The molecule has 0 spiro atoms. The Bertz CT molecular complexity index is 523. The van der Waals surface area contributed by atoms with Crippen LogP contribution < -0.4 is 5.32 Å². The zero-order chi connectivity index (χ0) is 15.4. The van der Waals surface area contributed by atoms with Crippen LogP contribution in [-0.2, 0) is 16.1 Å². The van der Waals surface area contributed by atoms with Crippen molar-refractivity contribution in [3.63, 3.8) is 0 Å². The van der Waals surface area contributed by atoms with Gasteiger partial charge in [-0.25, -0.2) is 9.59 Å². The summed E-state index contributed by atoms with van der Waals surface area (Å²) >= 11 is 0. The Kier molecular flexibility index (Phi) is 4.46. The lowest BCUT2D eigenvalue weighted by Crippen LogP contribution is -2.49. The predicted molar refractivity (Wildman–Crippen MR) is 69.5 cm³/mol. The number of carbonyl (C=O) groups excluding carboxylic acids is 1. The number of nitrogens with zero attached hydrogens (tertiary/aromatic N) is 1. The van der Waals surface area contributed by atoms with E-state index in [2.05, 4.69) is 5.32 Å². The maximum Gasteiger partial charge on any atom is 0.326 e. The van der Waals surface area contributed by atoms with Gasteiger partial charge in [0.25, 0.3) is 0 Å². The number of hydrogen-bond donors (Lipinski definition) is 3. The molecule has 8 nitrogen and oxygen atoms in total. The third kappa shape index (κ3) is 4.23. The highest BCUT2D eigenvalue weighted by molar-refractivity contribution is 5.86. The monoisotopic (exact) mass is 296 g/mol. The first-order valence-electron chi connectivity index (χ1n) is 6.51. The average Bonchev–Trinajstić information content (AvgIpc) is 3.11. The number of urea groups is 1. The zero-order valence-electron chi connectivity index (χ0n) is 11.2. The molecular formula is C13H16N2O6. The van der Waals surface area contributed by atoms with Crippen molar-refractivity contribution in [3.8, 4) is 0 Å². The van der Waals surface area contributed by atoms with Crippen molar-refractivity contribution in [1.29, 1.82) is 0 Å². The molecule has 1 aromatic heterocycles. The van der Waals surface area contributed by atoms with Crippen LogP contribution in [0.1, 0.15) is 25.0 Å². The van der Waals surface area contributed by atoms with E-state index in [0.717, 1.165) is 12.8 Å². The van der Waals surface area contributed by atoms with E-state index in [0.29, 0.717) is 5.76 Å². The first-order valence-corrected chi connectivity index (χ1v) is 6.51. The normalized spacial score (nSPS) is 15.2. The summed E-state index contributed by atoms with van der Waals surface area (Å²) in [6, 6.07) is 1.40. The number of carboxylic acids is 2. The summed E-state index contributed by atoms with van der Waals surface area (Å²) in [5.74, 6) is -2.08. The molecule has 0 aliphatic heterocycles. The van der Waals surface area contributed by atoms with Crippen LogP contribution in [0.4, 0.5) is 4.79 Å². The molecule has 0 saturated heterocycles. The van der Waals surface area contributed by atoms with Gasteiger partial charge < -0.3 is 24.8 Å². The van der Waals surface area contributed by atoms with Crippen molar-refractivity contribution in [2.24, 2.45) is 0 Å². The van der Waals surface area contributed by atoms with Crippen LogP contribution in [0.5, 0.6) is 0 Å². The first kappa shape index (κ1) is 14.9. The van der Waals surface area contributed by atoms with E-state index in [1.165, 1.54) is 11.2 Å². The van der Waals surface area contributed by atoms with Gasteiger partial charge in [-0.1, -0.05) is 0 Å². The zero-order valence-corrected chi connectivity index (χ0v) is 11.2. The second-order valence-electron chi connectivity index (χ2n) is 4.88. The van der Waals surface area contributed by atoms with Crippen molar-refractivity contribution in [2.75, 3.05) is 0 Å². The van der Waals surface area contributed by atoms with Gasteiger partial charge in [-0.3, -0.25) is 4.79 Å². The fourth-order valence-corrected chi connectivity index (χ4v) is 1.93. The number of nitrogens with one attached hydrogen (secondary N) is 1. The average molecular weight is 296 g/mol.